The maximum absolute atomic E-state index is 13.4. The van der Waals surface area contributed by atoms with Crippen molar-refractivity contribution in [2.24, 2.45) is 5.73 Å². The van der Waals surface area contributed by atoms with Crippen molar-refractivity contribution in [3.63, 3.8) is 0 Å². The van der Waals surface area contributed by atoms with Crippen LogP contribution in [0.15, 0.2) is 18.2 Å². The number of nitrogens with two attached hydrogens (primary N) is 1. The third-order valence-corrected chi connectivity index (χ3v) is 1.97. The monoisotopic (exact) mass is 262 g/mol. The summed E-state index contributed by atoms with van der Waals surface area (Å²) in [6, 6.07) is 3.36. The van der Waals surface area contributed by atoms with Gasteiger partial charge in [-0.15, -0.1) is 12.4 Å². The zero-order valence-electron chi connectivity index (χ0n) is 8.89. The second-order valence-electron chi connectivity index (χ2n) is 3.16. The van der Waals surface area contributed by atoms with E-state index in [4.69, 9.17) is 15.8 Å². The molecule has 0 spiro atoms. The van der Waals surface area contributed by atoms with Gasteiger partial charge in [0.1, 0.15) is 5.82 Å². The molecule has 0 atom stereocenters. The number of carbonyl (C=O) groups excluding carboxylic acids is 1. The summed E-state index contributed by atoms with van der Waals surface area (Å²) in [5.74, 6) is -1.39. The summed E-state index contributed by atoms with van der Waals surface area (Å²) in [4.78, 5) is 11.4. The topological polar surface area (TPSA) is 95.6 Å². The molecule has 94 valence electrons. The largest absolute Gasteiger partial charge is 0.488 e. The van der Waals surface area contributed by atoms with E-state index in [9.17, 15) is 9.18 Å². The van der Waals surface area contributed by atoms with Gasteiger partial charge in [-0.25, -0.2) is 4.39 Å². The highest BCUT2D eigenvalue weighted by molar-refractivity contribution is 6.58. The number of benzene rings is 1. The van der Waals surface area contributed by atoms with Gasteiger partial charge >= 0.3 is 7.12 Å². The average molecular weight is 262 g/mol. The Balaban J connectivity index is 0.00000256. The van der Waals surface area contributed by atoms with Gasteiger partial charge in [0.2, 0.25) is 0 Å². The minimum atomic E-state index is -1.75. The van der Waals surface area contributed by atoms with E-state index in [0.717, 1.165) is 6.07 Å². The normalized spacial score (nSPS) is 9.41. The van der Waals surface area contributed by atoms with Gasteiger partial charge in [-0.2, -0.15) is 0 Å². The maximum atomic E-state index is 13.4. The first kappa shape index (κ1) is 15.9. The molecule has 0 saturated carbocycles. The fourth-order valence-electron chi connectivity index (χ4n) is 1.16. The first-order valence-corrected chi connectivity index (χ1v) is 4.70. The molecule has 0 fully saturated rings. The van der Waals surface area contributed by atoms with Gasteiger partial charge in [-0.1, -0.05) is 6.07 Å². The Bertz CT molecular complexity index is 393. The number of halogens is 2. The average Bonchev–Trinajstić information content (AvgIpc) is 2.25. The van der Waals surface area contributed by atoms with Crippen LogP contribution in [0.25, 0.3) is 0 Å². The molecule has 1 rings (SSSR count). The van der Waals surface area contributed by atoms with E-state index in [0.29, 0.717) is 0 Å². The Labute approximate surface area is 104 Å². The summed E-state index contributed by atoms with van der Waals surface area (Å²) in [6.07, 6.45) is 0. The molecule has 5 N–H and O–H groups in total. The quantitative estimate of drug-likeness (QED) is 0.503. The zero-order valence-corrected chi connectivity index (χ0v) is 9.71. The zero-order chi connectivity index (χ0) is 12.1. The van der Waals surface area contributed by atoms with Gasteiger partial charge < -0.3 is 21.1 Å². The van der Waals surface area contributed by atoms with Gasteiger partial charge in [0.25, 0.3) is 5.91 Å². The Morgan fingerprint density at radius 3 is 2.59 bits per heavy atom. The first-order chi connectivity index (χ1) is 7.56. The standard InChI is InChI=1S/C9H12BFN2O3.ClH/c11-8-5-6(10(15)16)1-2-7(8)9(14)13-4-3-12;/h1-2,5,15-16H,3-4,12H2,(H,13,14);1H. The van der Waals surface area contributed by atoms with Crippen molar-refractivity contribution in [2.75, 3.05) is 13.1 Å². The molecule has 1 aromatic rings. The van der Waals surface area contributed by atoms with Crippen molar-refractivity contribution in [1.82, 2.24) is 5.32 Å². The third-order valence-electron chi connectivity index (χ3n) is 1.97. The summed E-state index contributed by atoms with van der Waals surface area (Å²) < 4.78 is 13.4. The van der Waals surface area contributed by atoms with Crippen LogP contribution in [0, 0.1) is 5.82 Å². The van der Waals surface area contributed by atoms with E-state index >= 15 is 0 Å². The van der Waals surface area contributed by atoms with E-state index < -0.39 is 18.8 Å². The molecule has 0 aliphatic heterocycles. The fraction of sp³-hybridized carbons (Fsp3) is 0.222. The second kappa shape index (κ2) is 7.23. The molecule has 0 heterocycles. The van der Waals surface area contributed by atoms with Crippen LogP contribution in [-0.4, -0.2) is 36.2 Å². The highest BCUT2D eigenvalue weighted by Gasteiger charge is 2.16. The number of hydrogen-bond donors (Lipinski definition) is 4. The lowest BCUT2D eigenvalue weighted by molar-refractivity contribution is 0.0950. The van der Waals surface area contributed by atoms with E-state index in [-0.39, 0.29) is 36.5 Å². The molecule has 8 heteroatoms. The van der Waals surface area contributed by atoms with Crippen molar-refractivity contribution in [2.45, 2.75) is 0 Å². The molecule has 0 aliphatic carbocycles. The molecular weight excluding hydrogens is 249 g/mol. The molecule has 0 saturated heterocycles. The Hall–Kier alpha value is -1.15. The number of nitrogens with one attached hydrogen (secondary N) is 1. The van der Waals surface area contributed by atoms with Crippen LogP contribution in [0.4, 0.5) is 4.39 Å². The van der Waals surface area contributed by atoms with Crippen molar-refractivity contribution >= 4 is 30.9 Å². The Morgan fingerprint density at radius 2 is 2.12 bits per heavy atom. The number of rotatable bonds is 4. The van der Waals surface area contributed by atoms with E-state index in [2.05, 4.69) is 5.32 Å². The predicted octanol–water partition coefficient (Wildman–Crippen LogP) is -1.38. The van der Waals surface area contributed by atoms with Crippen LogP contribution in [0.1, 0.15) is 10.4 Å². The maximum Gasteiger partial charge on any atom is 0.488 e. The minimum absolute atomic E-state index is 0. The molecule has 0 aromatic heterocycles. The van der Waals surface area contributed by atoms with Crippen molar-refractivity contribution < 1.29 is 19.2 Å². The fourth-order valence-corrected chi connectivity index (χ4v) is 1.16. The second-order valence-corrected chi connectivity index (χ2v) is 3.16. The molecule has 17 heavy (non-hydrogen) atoms. The van der Waals surface area contributed by atoms with Gasteiger partial charge in [-0.3, -0.25) is 4.79 Å². The van der Waals surface area contributed by atoms with Crippen LogP contribution in [-0.2, 0) is 0 Å². The van der Waals surface area contributed by atoms with Crippen LogP contribution < -0.4 is 16.5 Å². The highest BCUT2D eigenvalue weighted by Crippen LogP contribution is 2.04. The molecule has 0 aliphatic rings. The smallest absolute Gasteiger partial charge is 0.423 e. The van der Waals surface area contributed by atoms with E-state index in [1.807, 2.05) is 0 Å². The number of carbonyl (C=O) groups is 1. The Kier molecular flexibility index (Phi) is 6.75. The molecule has 0 radical (unpaired) electrons. The van der Waals surface area contributed by atoms with Gasteiger partial charge in [0.05, 0.1) is 5.56 Å². The first-order valence-electron chi connectivity index (χ1n) is 4.70. The molecule has 1 aromatic carbocycles. The van der Waals surface area contributed by atoms with Crippen molar-refractivity contribution in [1.29, 1.82) is 0 Å². The van der Waals surface area contributed by atoms with Gasteiger partial charge in [0, 0.05) is 13.1 Å². The Morgan fingerprint density at radius 1 is 1.47 bits per heavy atom. The van der Waals surface area contributed by atoms with Crippen molar-refractivity contribution in [3.8, 4) is 0 Å². The number of amides is 1. The lowest BCUT2D eigenvalue weighted by Gasteiger charge is -2.06. The number of hydrogen-bond acceptors (Lipinski definition) is 4. The summed E-state index contributed by atoms with van der Waals surface area (Å²) >= 11 is 0. The van der Waals surface area contributed by atoms with E-state index in [1.54, 1.807) is 0 Å². The third kappa shape index (κ3) is 4.31. The highest BCUT2D eigenvalue weighted by atomic mass is 35.5. The van der Waals surface area contributed by atoms with Crippen LogP contribution in [0.5, 0.6) is 0 Å². The predicted molar refractivity (Wildman–Crippen MR) is 64.9 cm³/mol. The van der Waals surface area contributed by atoms with Gasteiger partial charge in [-0.05, 0) is 17.6 Å². The molecule has 0 unspecified atom stereocenters. The minimum Gasteiger partial charge on any atom is -0.423 e. The molecule has 0 bridgehead atoms. The molecule has 5 nitrogen and oxygen atoms in total. The van der Waals surface area contributed by atoms with Crippen LogP contribution in [0.3, 0.4) is 0 Å². The van der Waals surface area contributed by atoms with Gasteiger partial charge in [0.15, 0.2) is 0 Å². The lowest BCUT2D eigenvalue weighted by atomic mass is 9.80. The summed E-state index contributed by atoms with van der Waals surface area (Å²) in [5.41, 5.74) is 5.02. The van der Waals surface area contributed by atoms with Crippen molar-refractivity contribution in [3.05, 3.63) is 29.6 Å². The lowest BCUT2D eigenvalue weighted by Crippen LogP contribution is -2.33. The summed E-state index contributed by atoms with van der Waals surface area (Å²) in [6.45, 7) is 0.517. The SMILES string of the molecule is Cl.NCCNC(=O)c1ccc(B(O)O)cc1F. The van der Waals surface area contributed by atoms with Crippen LogP contribution in [0.2, 0.25) is 0 Å². The summed E-state index contributed by atoms with van der Waals surface area (Å²) in [5, 5.41) is 20.0. The van der Waals surface area contributed by atoms with Crippen LogP contribution >= 0.6 is 12.4 Å². The summed E-state index contributed by atoms with van der Waals surface area (Å²) in [7, 11) is -1.75. The molecule has 1 amide bonds. The van der Waals surface area contributed by atoms with E-state index in [1.165, 1.54) is 12.1 Å². The molecular formula is C9H13BClFN2O3.